The van der Waals surface area contributed by atoms with E-state index in [4.69, 9.17) is 0 Å². The molecular formula is C10H16O18S6. The first kappa shape index (κ1) is 28.0. The molecule has 200 valence electrons. The maximum Gasteiger partial charge on any atom is 0.295 e. The molecule has 0 atom stereocenters. The van der Waals surface area contributed by atoms with Crippen molar-refractivity contribution < 1.29 is 75.6 Å². The van der Waals surface area contributed by atoms with Crippen LogP contribution in [0.4, 0.5) is 0 Å². The van der Waals surface area contributed by atoms with E-state index in [9.17, 15) is 50.5 Å². The van der Waals surface area contributed by atoms with Gasteiger partial charge in [-0.2, -0.15) is 50.5 Å². The Labute approximate surface area is 195 Å². The summed E-state index contributed by atoms with van der Waals surface area (Å²) in [6.45, 7) is -1.00. The van der Waals surface area contributed by atoms with Gasteiger partial charge in [0.1, 0.15) is 0 Å². The summed E-state index contributed by atoms with van der Waals surface area (Å²) in [7, 11) is -30.8. The Kier molecular flexibility index (Phi) is 7.49. The molecule has 0 aromatic carbocycles. The average Bonchev–Trinajstić information content (AvgIpc) is 2.71. The summed E-state index contributed by atoms with van der Waals surface area (Å²) in [5, 5.41) is 0. The van der Waals surface area contributed by atoms with Gasteiger partial charge in [0.15, 0.2) is 6.29 Å². The quantitative estimate of drug-likeness (QED) is 0.275. The second-order valence-electron chi connectivity index (χ2n) is 6.71. The molecule has 0 N–H and O–H groups in total. The lowest BCUT2D eigenvalue weighted by molar-refractivity contribution is -0.0198. The van der Waals surface area contributed by atoms with Crippen molar-refractivity contribution in [2.24, 2.45) is 0 Å². The van der Waals surface area contributed by atoms with Crippen molar-refractivity contribution in [3.63, 3.8) is 0 Å². The molecule has 0 aliphatic carbocycles. The second-order valence-corrected chi connectivity index (χ2v) is 17.7. The first-order chi connectivity index (χ1) is 15.3. The summed E-state index contributed by atoms with van der Waals surface area (Å²) in [5.41, 5.74) is 0. The van der Waals surface area contributed by atoms with E-state index in [1.54, 1.807) is 0 Å². The first-order valence-electron chi connectivity index (χ1n) is 8.69. The molecule has 0 unspecified atom stereocenters. The van der Waals surface area contributed by atoms with Crippen LogP contribution in [0.1, 0.15) is 12.8 Å². The third-order valence-corrected chi connectivity index (χ3v) is 14.8. The molecular weight excluding hydrogens is 600 g/mol. The smallest absolute Gasteiger partial charge is 0.269 e. The number of hydrogen-bond donors (Lipinski definition) is 0. The highest BCUT2D eigenvalue weighted by Gasteiger charge is 2.58. The van der Waals surface area contributed by atoms with E-state index >= 15 is 0 Å². The Bertz CT molecular complexity index is 1340. The second kappa shape index (κ2) is 9.09. The first-order valence-corrected chi connectivity index (χ1v) is 17.7. The summed E-state index contributed by atoms with van der Waals surface area (Å²) in [4.78, 5) is 0. The van der Waals surface area contributed by atoms with Gasteiger partial charge in [-0.15, -0.1) is 0 Å². The van der Waals surface area contributed by atoms with E-state index in [0.29, 0.717) is 0 Å². The summed E-state index contributed by atoms with van der Waals surface area (Å²) in [6.07, 6.45) is -7.27. The van der Waals surface area contributed by atoms with Crippen LogP contribution in [0.2, 0.25) is 0 Å². The molecule has 3 aliphatic heterocycles. The molecule has 3 saturated heterocycles. The SMILES string of the molecule is O=S1(=O)CCS(=O)(=O)OC(C2S(=O)(=O)OC(CC3S(=O)(=O)OCCCOS3(=O)=O)OS2(=O)=O)O1. The van der Waals surface area contributed by atoms with Crippen LogP contribution >= 0.6 is 0 Å². The van der Waals surface area contributed by atoms with E-state index < -0.39 is 114 Å². The minimum atomic E-state index is -5.60. The van der Waals surface area contributed by atoms with Gasteiger partial charge in [0.2, 0.25) is 10.9 Å². The zero-order valence-electron chi connectivity index (χ0n) is 16.4. The Morgan fingerprint density at radius 3 is 1.38 bits per heavy atom. The Hall–Kier alpha value is -0.540. The number of hydrogen-bond acceptors (Lipinski definition) is 18. The molecule has 0 spiro atoms. The van der Waals surface area contributed by atoms with E-state index in [2.05, 4.69) is 25.1 Å². The van der Waals surface area contributed by atoms with Crippen LogP contribution in [0.3, 0.4) is 0 Å². The fourth-order valence-corrected chi connectivity index (χ4v) is 12.3. The zero-order chi connectivity index (χ0) is 25.8. The fraction of sp³-hybridized carbons (Fsp3) is 1.00. The van der Waals surface area contributed by atoms with Crippen molar-refractivity contribution in [3.8, 4) is 0 Å². The third-order valence-electron chi connectivity index (χ3n) is 4.15. The maximum absolute atomic E-state index is 12.5. The Morgan fingerprint density at radius 2 is 0.971 bits per heavy atom. The summed E-state index contributed by atoms with van der Waals surface area (Å²) in [5.74, 6) is -2.39. The summed E-state index contributed by atoms with van der Waals surface area (Å²) < 4.78 is 166. The van der Waals surface area contributed by atoms with Crippen molar-refractivity contribution in [2.45, 2.75) is 34.6 Å². The molecule has 0 amide bonds. The zero-order valence-corrected chi connectivity index (χ0v) is 21.2. The number of rotatable bonds is 3. The van der Waals surface area contributed by atoms with Crippen LogP contribution in [-0.2, 0) is 85.8 Å². The highest BCUT2D eigenvalue weighted by molar-refractivity contribution is 8.05. The standard InChI is InChI=1S/C10H16O18S6/c11-29(12)4-5-30(13,14)28-9(27-29)10-33(19,20)25-7(26-34(10,21)22)6-8-31(15,16)23-2-1-3-24-32(8,17)18/h7-10H,1-6H2. The molecule has 34 heavy (non-hydrogen) atoms. The Balaban J connectivity index is 1.96. The lowest BCUT2D eigenvalue weighted by Crippen LogP contribution is -2.53. The van der Waals surface area contributed by atoms with Gasteiger partial charge in [-0.3, -0.25) is 8.37 Å². The lowest BCUT2D eigenvalue weighted by atomic mass is 10.5. The normalized spacial score (nSPS) is 35.3. The van der Waals surface area contributed by atoms with Gasteiger partial charge < -0.3 is 0 Å². The maximum atomic E-state index is 12.5. The van der Waals surface area contributed by atoms with Gasteiger partial charge in [-0.1, -0.05) is 0 Å². The van der Waals surface area contributed by atoms with Crippen molar-refractivity contribution in [3.05, 3.63) is 0 Å². The van der Waals surface area contributed by atoms with Crippen LogP contribution in [-0.4, -0.2) is 97.0 Å². The minimum absolute atomic E-state index is 0.140. The van der Waals surface area contributed by atoms with Crippen molar-refractivity contribution in [1.29, 1.82) is 0 Å². The third kappa shape index (κ3) is 6.23. The van der Waals surface area contributed by atoms with Gasteiger partial charge in [0.25, 0.3) is 65.3 Å². The van der Waals surface area contributed by atoms with Crippen LogP contribution in [0.5, 0.6) is 0 Å². The largest absolute Gasteiger partial charge is 0.295 e. The predicted molar refractivity (Wildman–Crippen MR) is 104 cm³/mol. The Morgan fingerprint density at radius 1 is 0.559 bits per heavy atom. The van der Waals surface area contributed by atoms with Crippen molar-refractivity contribution in [2.75, 3.05) is 24.7 Å². The molecule has 3 fully saturated rings. The van der Waals surface area contributed by atoms with E-state index in [1.165, 1.54) is 0 Å². The van der Waals surface area contributed by atoms with Crippen molar-refractivity contribution in [1.82, 2.24) is 0 Å². The lowest BCUT2D eigenvalue weighted by Gasteiger charge is -2.32. The highest BCUT2D eigenvalue weighted by Crippen LogP contribution is 2.34. The van der Waals surface area contributed by atoms with E-state index in [0.717, 1.165) is 0 Å². The molecule has 3 heterocycles. The molecule has 3 aliphatic rings. The molecule has 0 aromatic rings. The van der Waals surface area contributed by atoms with Crippen LogP contribution in [0.15, 0.2) is 0 Å². The minimum Gasteiger partial charge on any atom is -0.269 e. The molecule has 0 aromatic heterocycles. The predicted octanol–water partition coefficient (Wildman–Crippen LogP) is -3.81. The topological polar surface area (TPSA) is 260 Å². The molecule has 18 nitrogen and oxygen atoms in total. The molecule has 0 saturated carbocycles. The van der Waals surface area contributed by atoms with Crippen LogP contribution in [0.25, 0.3) is 0 Å². The van der Waals surface area contributed by atoms with Gasteiger partial charge in [0.05, 0.1) is 24.7 Å². The van der Waals surface area contributed by atoms with E-state index in [1.807, 2.05) is 0 Å². The highest BCUT2D eigenvalue weighted by atomic mass is 32.3. The van der Waals surface area contributed by atoms with Crippen LogP contribution < -0.4 is 0 Å². The molecule has 3 rings (SSSR count). The molecule has 0 bridgehead atoms. The molecule has 24 heteroatoms. The van der Waals surface area contributed by atoms with E-state index in [-0.39, 0.29) is 6.42 Å². The summed E-state index contributed by atoms with van der Waals surface area (Å²) in [6, 6.07) is 0. The fourth-order valence-electron chi connectivity index (χ4n) is 2.71. The summed E-state index contributed by atoms with van der Waals surface area (Å²) >= 11 is 0. The van der Waals surface area contributed by atoms with Crippen molar-refractivity contribution >= 4 is 60.7 Å². The van der Waals surface area contributed by atoms with Gasteiger partial charge in [-0.25, -0.2) is 16.7 Å². The van der Waals surface area contributed by atoms with Gasteiger partial charge in [0, 0.05) is 6.42 Å². The van der Waals surface area contributed by atoms with Gasteiger partial charge in [-0.05, 0) is 6.42 Å². The van der Waals surface area contributed by atoms with Gasteiger partial charge >= 0.3 is 0 Å². The van der Waals surface area contributed by atoms with Crippen LogP contribution in [0, 0.1) is 0 Å². The monoisotopic (exact) mass is 616 g/mol. The molecule has 0 radical (unpaired) electrons. The average molecular weight is 617 g/mol.